The lowest BCUT2D eigenvalue weighted by Crippen LogP contribution is -2.22. The van der Waals surface area contributed by atoms with Crippen LogP contribution in [0.1, 0.15) is 20.8 Å². The molecule has 0 fully saturated rings. The number of nitrogens with zero attached hydrogens (tertiary/aromatic N) is 2. The second-order valence-electron chi connectivity index (χ2n) is 5.02. The zero-order chi connectivity index (χ0) is 13.5. The summed E-state index contributed by atoms with van der Waals surface area (Å²) in [4.78, 5) is 0. The van der Waals surface area contributed by atoms with E-state index in [1.807, 2.05) is 22.8 Å². The maximum Gasteiger partial charge on any atom is 0.195 e. The van der Waals surface area contributed by atoms with Crippen LogP contribution >= 0.6 is 39.7 Å². The summed E-state index contributed by atoms with van der Waals surface area (Å²) in [6.45, 7) is 6.25. The maximum absolute atomic E-state index is 6.07. The minimum atomic E-state index is -0.145. The zero-order valence-corrected chi connectivity index (χ0v) is 13.4. The van der Waals surface area contributed by atoms with Crippen molar-refractivity contribution in [1.82, 2.24) is 14.8 Å². The Bertz CT molecular complexity index is 619. The molecule has 0 unspecified atom stereocenters. The summed E-state index contributed by atoms with van der Waals surface area (Å²) >= 11 is 14.8. The van der Waals surface area contributed by atoms with Crippen LogP contribution in [0, 0.1) is 4.77 Å². The third kappa shape index (κ3) is 2.68. The van der Waals surface area contributed by atoms with Crippen LogP contribution in [0.2, 0.25) is 5.02 Å². The largest absolute Gasteiger partial charge is 0.295 e. The van der Waals surface area contributed by atoms with E-state index in [0.29, 0.717) is 9.79 Å². The van der Waals surface area contributed by atoms with Crippen molar-refractivity contribution < 1.29 is 0 Å². The van der Waals surface area contributed by atoms with Gasteiger partial charge in [-0.25, -0.2) is 0 Å². The Kier molecular flexibility index (Phi) is 3.67. The number of aromatic nitrogens is 3. The van der Waals surface area contributed by atoms with Gasteiger partial charge in [-0.05, 0) is 51.2 Å². The molecule has 0 bridgehead atoms. The summed E-state index contributed by atoms with van der Waals surface area (Å²) < 4.78 is 3.51. The van der Waals surface area contributed by atoms with Gasteiger partial charge in [0.1, 0.15) is 0 Å². The first-order valence-corrected chi connectivity index (χ1v) is 7.01. The Hall–Kier alpha value is -0.650. The summed E-state index contributed by atoms with van der Waals surface area (Å²) in [7, 11) is 0. The lowest BCUT2D eigenvalue weighted by atomic mass is 10.1. The van der Waals surface area contributed by atoms with Gasteiger partial charge in [-0.3, -0.25) is 9.67 Å². The fourth-order valence-corrected chi connectivity index (χ4v) is 3.06. The van der Waals surface area contributed by atoms with Crippen molar-refractivity contribution in [3.05, 3.63) is 32.5 Å². The predicted octanol–water partition coefficient (Wildman–Crippen LogP) is 4.78. The molecular weight excluding hydrogens is 334 g/mol. The molecule has 1 aromatic heterocycles. The van der Waals surface area contributed by atoms with E-state index in [-0.39, 0.29) is 5.54 Å². The number of hydrogen-bond acceptors (Lipinski definition) is 2. The van der Waals surface area contributed by atoms with Crippen molar-refractivity contribution >= 4 is 39.7 Å². The summed E-state index contributed by atoms with van der Waals surface area (Å²) in [6.07, 6.45) is 0. The number of rotatable bonds is 1. The molecule has 1 aromatic carbocycles. The predicted molar refractivity (Wildman–Crippen MR) is 80.6 cm³/mol. The maximum atomic E-state index is 6.07. The topological polar surface area (TPSA) is 33.6 Å². The third-order valence-electron chi connectivity index (χ3n) is 2.46. The number of nitrogens with one attached hydrogen (secondary N) is 1. The van der Waals surface area contributed by atoms with E-state index in [9.17, 15) is 0 Å². The molecule has 96 valence electrons. The standard InChI is InChI=1S/C12H13BrClN3S/c1-12(2,3)17-10(15-16-11(17)18)7-4-8(13)6-9(14)5-7/h4-6H,1-3H3,(H,16,18). The van der Waals surface area contributed by atoms with Crippen LogP contribution in [0.5, 0.6) is 0 Å². The number of benzene rings is 1. The first-order chi connectivity index (χ1) is 8.29. The van der Waals surface area contributed by atoms with E-state index < -0.39 is 0 Å². The van der Waals surface area contributed by atoms with Gasteiger partial charge in [0.15, 0.2) is 10.6 Å². The van der Waals surface area contributed by atoms with Crippen molar-refractivity contribution in [3.63, 3.8) is 0 Å². The molecule has 0 aliphatic rings. The van der Waals surface area contributed by atoms with Crippen LogP contribution in [-0.4, -0.2) is 14.8 Å². The molecule has 0 saturated heterocycles. The smallest absolute Gasteiger partial charge is 0.195 e. The molecular formula is C12H13BrClN3S. The summed E-state index contributed by atoms with van der Waals surface area (Å²) in [5.74, 6) is 0.788. The number of halogens is 2. The molecule has 0 aliphatic heterocycles. The highest BCUT2D eigenvalue weighted by Gasteiger charge is 2.20. The Labute approximate surface area is 124 Å². The van der Waals surface area contributed by atoms with E-state index in [1.54, 1.807) is 0 Å². The van der Waals surface area contributed by atoms with Gasteiger partial charge in [-0.1, -0.05) is 27.5 Å². The molecule has 0 amide bonds. The van der Waals surface area contributed by atoms with E-state index in [1.165, 1.54) is 0 Å². The fourth-order valence-electron chi connectivity index (χ4n) is 1.80. The minimum absolute atomic E-state index is 0.145. The molecule has 18 heavy (non-hydrogen) atoms. The quantitative estimate of drug-likeness (QED) is 0.754. The van der Waals surface area contributed by atoms with E-state index in [2.05, 4.69) is 46.9 Å². The average molecular weight is 347 g/mol. The second-order valence-corrected chi connectivity index (χ2v) is 6.76. The highest BCUT2D eigenvalue weighted by Crippen LogP contribution is 2.29. The van der Waals surface area contributed by atoms with Crippen LogP contribution in [0.3, 0.4) is 0 Å². The Balaban J connectivity index is 2.69. The average Bonchev–Trinajstić information content (AvgIpc) is 2.57. The van der Waals surface area contributed by atoms with Gasteiger partial charge in [-0.15, -0.1) is 0 Å². The molecule has 0 radical (unpaired) electrons. The molecule has 2 aromatic rings. The van der Waals surface area contributed by atoms with Gasteiger partial charge in [0.2, 0.25) is 0 Å². The van der Waals surface area contributed by atoms with E-state index in [4.69, 9.17) is 23.8 Å². The Morgan fingerprint density at radius 3 is 2.56 bits per heavy atom. The molecule has 0 saturated carbocycles. The first-order valence-electron chi connectivity index (χ1n) is 5.43. The Morgan fingerprint density at radius 2 is 2.00 bits per heavy atom. The lowest BCUT2D eigenvalue weighted by molar-refractivity contribution is 0.395. The first kappa shape index (κ1) is 13.8. The fraction of sp³-hybridized carbons (Fsp3) is 0.333. The highest BCUT2D eigenvalue weighted by atomic mass is 79.9. The van der Waals surface area contributed by atoms with Gasteiger partial charge < -0.3 is 0 Å². The monoisotopic (exact) mass is 345 g/mol. The van der Waals surface area contributed by atoms with Gasteiger partial charge in [0, 0.05) is 20.6 Å². The molecule has 1 N–H and O–H groups in total. The van der Waals surface area contributed by atoms with Crippen LogP contribution in [0.25, 0.3) is 11.4 Å². The molecule has 1 heterocycles. The van der Waals surface area contributed by atoms with Gasteiger partial charge in [0.25, 0.3) is 0 Å². The van der Waals surface area contributed by atoms with Crippen LogP contribution in [0.4, 0.5) is 0 Å². The van der Waals surface area contributed by atoms with Crippen LogP contribution < -0.4 is 0 Å². The SMILES string of the molecule is CC(C)(C)n1c(-c2cc(Cl)cc(Br)c2)n[nH]c1=S. The normalized spacial score (nSPS) is 11.8. The molecule has 2 rings (SSSR count). The lowest BCUT2D eigenvalue weighted by Gasteiger charge is -2.22. The van der Waals surface area contributed by atoms with Crippen LogP contribution in [-0.2, 0) is 5.54 Å². The minimum Gasteiger partial charge on any atom is -0.295 e. The van der Waals surface area contributed by atoms with Crippen LogP contribution in [0.15, 0.2) is 22.7 Å². The third-order valence-corrected chi connectivity index (χ3v) is 3.41. The summed E-state index contributed by atoms with van der Waals surface area (Å²) in [5.41, 5.74) is 0.783. The number of hydrogen-bond donors (Lipinski definition) is 1. The van der Waals surface area contributed by atoms with E-state index in [0.717, 1.165) is 15.9 Å². The molecule has 0 atom stereocenters. The molecule has 0 aliphatic carbocycles. The van der Waals surface area contributed by atoms with Crippen molar-refractivity contribution in [3.8, 4) is 11.4 Å². The van der Waals surface area contributed by atoms with Crippen molar-refractivity contribution in [2.24, 2.45) is 0 Å². The molecule has 6 heteroatoms. The number of aromatic amines is 1. The van der Waals surface area contributed by atoms with Gasteiger partial charge in [0.05, 0.1) is 0 Å². The second kappa shape index (κ2) is 4.79. The van der Waals surface area contributed by atoms with Gasteiger partial charge in [-0.2, -0.15) is 5.10 Å². The molecule has 0 spiro atoms. The highest BCUT2D eigenvalue weighted by molar-refractivity contribution is 9.10. The van der Waals surface area contributed by atoms with E-state index >= 15 is 0 Å². The Morgan fingerprint density at radius 1 is 1.33 bits per heavy atom. The zero-order valence-electron chi connectivity index (χ0n) is 10.3. The van der Waals surface area contributed by atoms with Crippen molar-refractivity contribution in [1.29, 1.82) is 0 Å². The van der Waals surface area contributed by atoms with Gasteiger partial charge >= 0.3 is 0 Å². The number of H-pyrrole nitrogens is 1. The van der Waals surface area contributed by atoms with Crippen molar-refractivity contribution in [2.75, 3.05) is 0 Å². The summed E-state index contributed by atoms with van der Waals surface area (Å²) in [6, 6.07) is 5.69. The van der Waals surface area contributed by atoms with Crippen molar-refractivity contribution in [2.45, 2.75) is 26.3 Å². The molecule has 3 nitrogen and oxygen atoms in total. The summed E-state index contributed by atoms with van der Waals surface area (Å²) in [5, 5.41) is 7.80.